The smallest absolute Gasteiger partial charge is 0.337 e. The van der Waals surface area contributed by atoms with Crippen LogP contribution >= 0.6 is 0 Å². The largest absolute Gasteiger partial charge is 0.468 e. The van der Waals surface area contributed by atoms with Crippen LogP contribution in [0.25, 0.3) is 0 Å². The highest BCUT2D eigenvalue weighted by Gasteiger charge is 2.45. The molecule has 1 fully saturated rings. The molecule has 0 amide bonds. The van der Waals surface area contributed by atoms with E-state index >= 15 is 0 Å². The standard InChI is InChI=1S/C28H29F2N3O6/c1-16-23(26(34)38-4)25(19-6-5-7-22(12-19)33(36)37)24(17(2)31-16)27(35)39-28(3)8-9-32(15-28)14-18-10-20(29)13-21(30)11-18/h5-7,10-13,23,25H,8-9,14-15H2,1-4H3/t23?,25-,28?/m0/s1. The first-order valence-corrected chi connectivity index (χ1v) is 12.4. The van der Waals surface area contributed by atoms with E-state index in [0.29, 0.717) is 42.0 Å². The molecule has 3 atom stereocenters. The third kappa shape index (κ3) is 6.03. The lowest BCUT2D eigenvalue weighted by Crippen LogP contribution is -2.40. The van der Waals surface area contributed by atoms with Crippen molar-refractivity contribution in [1.82, 2.24) is 4.90 Å². The van der Waals surface area contributed by atoms with Crippen molar-refractivity contribution in [2.45, 2.75) is 45.3 Å². The Morgan fingerprint density at radius 2 is 1.87 bits per heavy atom. The third-order valence-corrected chi connectivity index (χ3v) is 7.13. The van der Waals surface area contributed by atoms with Crippen LogP contribution < -0.4 is 0 Å². The number of benzene rings is 2. The number of aliphatic imine (C=N–C) groups is 1. The summed E-state index contributed by atoms with van der Waals surface area (Å²) in [4.78, 5) is 43.9. The maximum Gasteiger partial charge on any atom is 0.337 e. The lowest BCUT2D eigenvalue weighted by molar-refractivity contribution is -0.384. The zero-order chi connectivity index (χ0) is 28.5. The molecule has 0 N–H and O–H groups in total. The Labute approximate surface area is 224 Å². The number of hydrogen-bond acceptors (Lipinski definition) is 8. The van der Waals surface area contributed by atoms with E-state index in [4.69, 9.17) is 9.47 Å². The quantitative estimate of drug-likeness (QED) is 0.284. The molecule has 4 rings (SSSR count). The Kier molecular flexibility index (Phi) is 7.91. The van der Waals surface area contributed by atoms with Crippen LogP contribution in [0.2, 0.25) is 0 Å². The van der Waals surface area contributed by atoms with Crippen molar-refractivity contribution in [2.24, 2.45) is 10.9 Å². The molecule has 0 radical (unpaired) electrons. The molecule has 0 bridgehead atoms. The van der Waals surface area contributed by atoms with Gasteiger partial charge in [-0.1, -0.05) is 12.1 Å². The first-order chi connectivity index (χ1) is 18.4. The number of halogens is 2. The SMILES string of the molecule is COC(=O)C1C(C)=NC(C)=C(C(=O)OC2(C)CCN(Cc3cc(F)cc(F)c3)C2)[C@H]1c1cccc([N+](=O)[O-])c1. The number of nitro groups is 1. The van der Waals surface area contributed by atoms with Crippen molar-refractivity contribution < 1.29 is 32.8 Å². The van der Waals surface area contributed by atoms with Crippen LogP contribution in [0.15, 0.2) is 58.7 Å². The van der Waals surface area contributed by atoms with Crippen LogP contribution in [0.1, 0.15) is 44.2 Å². The van der Waals surface area contributed by atoms with Crippen LogP contribution in [0.4, 0.5) is 14.5 Å². The average molecular weight is 542 g/mol. The van der Waals surface area contributed by atoms with Gasteiger partial charge in [-0.05, 0) is 44.0 Å². The predicted octanol–water partition coefficient (Wildman–Crippen LogP) is 4.70. The summed E-state index contributed by atoms with van der Waals surface area (Å²) in [6, 6.07) is 9.10. The molecular formula is C28H29F2N3O6. The highest BCUT2D eigenvalue weighted by atomic mass is 19.1. The Bertz CT molecular complexity index is 1370. The number of hydrogen-bond donors (Lipinski definition) is 0. The highest BCUT2D eigenvalue weighted by molar-refractivity contribution is 6.07. The molecule has 0 spiro atoms. The summed E-state index contributed by atoms with van der Waals surface area (Å²) in [6.07, 6.45) is 0.465. The van der Waals surface area contributed by atoms with Gasteiger partial charge in [-0.15, -0.1) is 0 Å². The van der Waals surface area contributed by atoms with Gasteiger partial charge >= 0.3 is 11.9 Å². The maximum atomic E-state index is 13.7. The molecule has 11 heteroatoms. The Morgan fingerprint density at radius 1 is 1.18 bits per heavy atom. The van der Waals surface area contributed by atoms with Gasteiger partial charge in [0.2, 0.25) is 0 Å². The number of carbonyl (C=O) groups excluding carboxylic acids is 2. The second-order valence-electron chi connectivity index (χ2n) is 10.2. The van der Waals surface area contributed by atoms with Gasteiger partial charge in [0.25, 0.3) is 5.69 Å². The molecule has 0 aliphatic carbocycles. The molecule has 2 heterocycles. The van der Waals surface area contributed by atoms with Crippen LogP contribution in [0, 0.1) is 27.7 Å². The second-order valence-corrected chi connectivity index (χ2v) is 10.2. The van der Waals surface area contributed by atoms with Crippen LogP contribution in [-0.4, -0.2) is 53.3 Å². The number of methoxy groups -OCH3 is 1. The van der Waals surface area contributed by atoms with Gasteiger partial charge in [0.05, 0.1) is 17.6 Å². The number of allylic oxidation sites excluding steroid dienone is 1. The van der Waals surface area contributed by atoms with Crippen molar-refractivity contribution in [3.8, 4) is 0 Å². The zero-order valence-electron chi connectivity index (χ0n) is 22.1. The molecule has 2 aliphatic rings. The number of non-ortho nitro benzene ring substituents is 1. The minimum absolute atomic E-state index is 0.114. The van der Waals surface area contributed by atoms with E-state index < -0.39 is 45.9 Å². The summed E-state index contributed by atoms with van der Waals surface area (Å²) in [6.45, 7) is 6.14. The minimum atomic E-state index is -0.987. The van der Waals surface area contributed by atoms with Gasteiger partial charge in [0, 0.05) is 61.6 Å². The van der Waals surface area contributed by atoms with E-state index in [1.165, 1.54) is 37.4 Å². The molecule has 2 unspecified atom stereocenters. The molecule has 0 saturated carbocycles. The Balaban J connectivity index is 1.63. The number of ether oxygens (including phenoxy) is 2. The normalized spacial score (nSPS) is 23.4. The number of esters is 2. The molecule has 2 aromatic rings. The fraction of sp³-hybridized carbons (Fsp3) is 0.393. The first-order valence-electron chi connectivity index (χ1n) is 12.4. The number of rotatable bonds is 7. The summed E-state index contributed by atoms with van der Waals surface area (Å²) in [5, 5.41) is 11.5. The number of nitrogens with zero attached hydrogens (tertiary/aromatic N) is 3. The molecule has 39 heavy (non-hydrogen) atoms. The summed E-state index contributed by atoms with van der Waals surface area (Å²) >= 11 is 0. The van der Waals surface area contributed by atoms with Gasteiger partial charge in [-0.3, -0.25) is 24.8 Å². The van der Waals surface area contributed by atoms with Gasteiger partial charge in [-0.25, -0.2) is 13.6 Å². The van der Waals surface area contributed by atoms with E-state index in [1.807, 2.05) is 4.90 Å². The molecule has 2 aromatic carbocycles. The fourth-order valence-electron chi connectivity index (χ4n) is 5.41. The van der Waals surface area contributed by atoms with Crippen LogP contribution in [-0.2, 0) is 25.6 Å². The van der Waals surface area contributed by atoms with E-state index in [-0.39, 0.29) is 17.8 Å². The third-order valence-electron chi connectivity index (χ3n) is 7.13. The van der Waals surface area contributed by atoms with Crippen LogP contribution in [0.5, 0.6) is 0 Å². The van der Waals surface area contributed by atoms with Crippen molar-refractivity contribution in [3.05, 3.63) is 86.6 Å². The molecule has 206 valence electrons. The van der Waals surface area contributed by atoms with E-state index in [2.05, 4.69) is 4.99 Å². The van der Waals surface area contributed by atoms with Gasteiger partial charge in [0.1, 0.15) is 23.2 Å². The van der Waals surface area contributed by atoms with E-state index in [0.717, 1.165) is 6.07 Å². The van der Waals surface area contributed by atoms with Gasteiger partial charge in [-0.2, -0.15) is 0 Å². The van der Waals surface area contributed by atoms with Crippen LogP contribution in [0.3, 0.4) is 0 Å². The van der Waals surface area contributed by atoms with Crippen molar-refractivity contribution >= 4 is 23.3 Å². The molecular weight excluding hydrogens is 512 g/mol. The second kappa shape index (κ2) is 11.0. The average Bonchev–Trinajstić information content (AvgIpc) is 3.21. The van der Waals surface area contributed by atoms with E-state index in [1.54, 1.807) is 26.8 Å². The molecule has 0 aromatic heterocycles. The number of likely N-dealkylation sites (tertiary alicyclic amines) is 1. The summed E-state index contributed by atoms with van der Waals surface area (Å²) in [7, 11) is 1.22. The highest BCUT2D eigenvalue weighted by Crippen LogP contribution is 2.42. The fourth-order valence-corrected chi connectivity index (χ4v) is 5.41. The van der Waals surface area contributed by atoms with E-state index in [9.17, 15) is 28.5 Å². The predicted molar refractivity (Wildman–Crippen MR) is 138 cm³/mol. The summed E-state index contributed by atoms with van der Waals surface area (Å²) < 4.78 is 38.3. The van der Waals surface area contributed by atoms with Gasteiger partial charge in [0.15, 0.2) is 0 Å². The first kappa shape index (κ1) is 28.0. The molecule has 1 saturated heterocycles. The number of carbonyl (C=O) groups is 2. The topological polar surface area (TPSA) is 111 Å². The Morgan fingerprint density at radius 3 is 2.51 bits per heavy atom. The lowest BCUT2D eigenvalue weighted by atomic mass is 9.75. The van der Waals surface area contributed by atoms with Crippen molar-refractivity contribution in [1.29, 1.82) is 0 Å². The maximum absolute atomic E-state index is 13.7. The monoisotopic (exact) mass is 541 g/mol. The lowest BCUT2D eigenvalue weighted by Gasteiger charge is -2.33. The van der Waals surface area contributed by atoms with Gasteiger partial charge < -0.3 is 9.47 Å². The minimum Gasteiger partial charge on any atom is -0.468 e. The van der Waals surface area contributed by atoms with Crippen molar-refractivity contribution in [3.63, 3.8) is 0 Å². The molecule has 2 aliphatic heterocycles. The number of nitro benzene ring substituents is 1. The molecule has 9 nitrogen and oxygen atoms in total. The summed E-state index contributed by atoms with van der Waals surface area (Å²) in [5.41, 5.74) is 0.588. The Hall–Kier alpha value is -3.99. The summed E-state index contributed by atoms with van der Waals surface area (Å²) in [5.74, 6) is -4.57. The van der Waals surface area contributed by atoms with Crippen molar-refractivity contribution in [2.75, 3.05) is 20.2 Å². The zero-order valence-corrected chi connectivity index (χ0v) is 22.1.